The average Bonchev–Trinajstić information content (AvgIpc) is 3.01. The molecule has 12 atom stereocenters. The quantitative estimate of drug-likeness (QED) is 0.0784. The lowest BCUT2D eigenvalue weighted by Gasteiger charge is -2.48. The first-order valence-corrected chi connectivity index (χ1v) is 15.3. The smallest absolute Gasteiger partial charge is 0.303 e. The van der Waals surface area contributed by atoms with E-state index in [-0.39, 0.29) is 19.4 Å². The summed E-state index contributed by atoms with van der Waals surface area (Å²) in [5.41, 5.74) is 27.4. The maximum absolute atomic E-state index is 13.2. The molecule has 0 aromatic rings. The van der Waals surface area contributed by atoms with Crippen molar-refractivity contribution in [1.29, 1.82) is 0 Å². The van der Waals surface area contributed by atoms with Crippen molar-refractivity contribution in [2.45, 2.75) is 128 Å². The first-order chi connectivity index (χ1) is 24.0. The molecule has 0 radical (unpaired) electrons. The second kappa shape index (κ2) is 19.7. The Bertz CT molecular complexity index is 1460. The van der Waals surface area contributed by atoms with Gasteiger partial charge < -0.3 is 43.6 Å². The van der Waals surface area contributed by atoms with Crippen molar-refractivity contribution in [2.75, 3.05) is 6.54 Å². The van der Waals surface area contributed by atoms with E-state index in [9.17, 15) is 44.9 Å². The molecule has 0 bridgehead atoms. The van der Waals surface area contributed by atoms with E-state index in [1.807, 2.05) is 0 Å². The second-order valence-electron chi connectivity index (χ2n) is 11.3. The SMILES string of the molecule is CC(=O)OC1C(O)[C@H](O[C@H]2OC([C@@H](C)OC(C)=O)[C@@H](OC(C)=O)C(OC(C)=O)[C@@H]2N=[N+]=[N-])C(N=[N+]=[N-])C[C@H]1NC(=O)[C@H](CCN=[N+]=[N-])OC(C)=O. The van der Waals surface area contributed by atoms with Gasteiger partial charge in [-0.2, -0.15) is 0 Å². The van der Waals surface area contributed by atoms with Crippen LogP contribution in [0.2, 0.25) is 0 Å². The van der Waals surface area contributed by atoms with E-state index >= 15 is 0 Å². The first kappa shape index (κ1) is 41.8. The van der Waals surface area contributed by atoms with Gasteiger partial charge in [-0.3, -0.25) is 28.8 Å². The number of aliphatic hydroxyl groups excluding tert-OH is 1. The van der Waals surface area contributed by atoms with Gasteiger partial charge in [-0.15, -0.1) is 0 Å². The molecule has 1 saturated carbocycles. The van der Waals surface area contributed by atoms with Gasteiger partial charge in [0.2, 0.25) is 0 Å². The van der Waals surface area contributed by atoms with Crippen molar-refractivity contribution in [2.24, 2.45) is 15.3 Å². The van der Waals surface area contributed by atoms with Gasteiger partial charge in [0.25, 0.3) is 5.91 Å². The van der Waals surface area contributed by atoms with Crippen LogP contribution in [0.5, 0.6) is 0 Å². The van der Waals surface area contributed by atoms with Gasteiger partial charge in [-0.1, -0.05) is 15.3 Å². The highest BCUT2D eigenvalue weighted by Gasteiger charge is 2.55. The maximum atomic E-state index is 13.2. The Kier molecular flexibility index (Phi) is 16.2. The molecule has 0 spiro atoms. The molecule has 0 aromatic heterocycles. The average molecular weight is 727 g/mol. The van der Waals surface area contributed by atoms with Gasteiger partial charge in [0.05, 0.1) is 18.2 Å². The van der Waals surface area contributed by atoms with Crippen molar-refractivity contribution in [3.8, 4) is 0 Å². The lowest BCUT2D eigenvalue weighted by Crippen LogP contribution is -2.67. The van der Waals surface area contributed by atoms with E-state index < -0.39 is 109 Å². The monoisotopic (exact) mass is 726 g/mol. The molecule has 2 rings (SSSR count). The van der Waals surface area contributed by atoms with Crippen molar-refractivity contribution >= 4 is 35.8 Å². The molecular formula is C27H38N10O14. The van der Waals surface area contributed by atoms with Crippen LogP contribution >= 0.6 is 0 Å². The highest BCUT2D eigenvalue weighted by molar-refractivity contribution is 5.83. The molecule has 51 heavy (non-hydrogen) atoms. The predicted molar refractivity (Wildman–Crippen MR) is 164 cm³/mol. The summed E-state index contributed by atoms with van der Waals surface area (Å²) in [6, 6.07) is -4.35. The number of hydrogen-bond acceptors (Lipinski definition) is 17. The van der Waals surface area contributed by atoms with E-state index in [1.165, 1.54) is 6.92 Å². The van der Waals surface area contributed by atoms with E-state index in [1.54, 1.807) is 0 Å². The number of nitrogens with one attached hydrogen (secondary N) is 1. The number of aliphatic hydroxyl groups is 1. The summed E-state index contributed by atoms with van der Waals surface area (Å²) in [5.74, 6) is -5.27. The third kappa shape index (κ3) is 12.2. The zero-order valence-corrected chi connectivity index (χ0v) is 28.3. The fourth-order valence-electron chi connectivity index (χ4n) is 5.61. The van der Waals surface area contributed by atoms with Crippen LogP contribution in [0.3, 0.4) is 0 Å². The van der Waals surface area contributed by atoms with E-state index in [0.717, 1.165) is 34.6 Å². The Balaban J connectivity index is 2.59. The van der Waals surface area contributed by atoms with Gasteiger partial charge >= 0.3 is 29.8 Å². The Hall–Kier alpha value is -5.37. The van der Waals surface area contributed by atoms with Crippen LogP contribution in [0.1, 0.15) is 54.4 Å². The number of azide groups is 3. The maximum Gasteiger partial charge on any atom is 0.303 e. The predicted octanol–water partition coefficient (Wildman–Crippen LogP) is 1.08. The molecule has 2 aliphatic rings. The van der Waals surface area contributed by atoms with Crippen molar-refractivity contribution in [3.63, 3.8) is 0 Å². The summed E-state index contributed by atoms with van der Waals surface area (Å²) < 4.78 is 38.4. The molecule has 2 N–H and O–H groups in total. The van der Waals surface area contributed by atoms with Crippen molar-refractivity contribution < 1.29 is 67.0 Å². The molecule has 1 saturated heterocycles. The molecule has 1 amide bonds. The number of carbonyl (C=O) groups is 6. The normalized spacial score (nSPS) is 29.5. The molecule has 24 nitrogen and oxygen atoms in total. The minimum absolute atomic E-state index is 0.237. The minimum Gasteiger partial charge on any atom is -0.460 e. The minimum atomic E-state index is -1.93. The van der Waals surface area contributed by atoms with Crippen LogP contribution in [0.25, 0.3) is 31.3 Å². The first-order valence-electron chi connectivity index (χ1n) is 15.3. The van der Waals surface area contributed by atoms with Crippen LogP contribution in [-0.2, 0) is 61.9 Å². The molecule has 5 unspecified atom stereocenters. The number of esters is 5. The molecule has 0 aromatic carbocycles. The Morgan fingerprint density at radius 1 is 0.804 bits per heavy atom. The summed E-state index contributed by atoms with van der Waals surface area (Å²) >= 11 is 0. The van der Waals surface area contributed by atoms with E-state index in [4.69, 9.17) is 38.7 Å². The van der Waals surface area contributed by atoms with Crippen LogP contribution in [0, 0.1) is 0 Å². The summed E-state index contributed by atoms with van der Waals surface area (Å²) in [4.78, 5) is 81.3. The fourth-order valence-corrected chi connectivity index (χ4v) is 5.61. The van der Waals surface area contributed by atoms with Crippen LogP contribution in [0.15, 0.2) is 15.3 Å². The Morgan fingerprint density at radius 3 is 1.90 bits per heavy atom. The standard InChI is InChI=1S/C27H38N10O14/c1-10(45-11(2)38)21-25(49-15(6)42)24(48-14(5)41)19(34-37-30)27(50-21)51-23-17(33-36-29)9-16(22(20(23)43)47-13(4)40)32-26(44)18(46-12(3)39)7-8-31-35-28/h10,16-25,27,43H,7-9H2,1-6H3,(H,32,44)/t10-,16-,17?,18+,19+,20?,21?,22?,23-,24?,25-,27-/m1/s1. The van der Waals surface area contributed by atoms with Crippen molar-refractivity contribution in [1.82, 2.24) is 5.32 Å². The number of rotatable bonds is 15. The molecule has 1 heterocycles. The van der Waals surface area contributed by atoms with Gasteiger partial charge in [-0.05, 0) is 36.4 Å². The zero-order chi connectivity index (χ0) is 38.4. The Morgan fingerprint density at radius 2 is 1.37 bits per heavy atom. The lowest BCUT2D eigenvalue weighted by atomic mass is 9.83. The number of nitrogens with zero attached hydrogens (tertiary/aromatic N) is 9. The zero-order valence-electron chi connectivity index (χ0n) is 28.3. The third-order valence-corrected chi connectivity index (χ3v) is 7.38. The summed E-state index contributed by atoms with van der Waals surface area (Å²) in [6.45, 7) is 6.29. The molecule has 1 aliphatic heterocycles. The second-order valence-corrected chi connectivity index (χ2v) is 11.3. The van der Waals surface area contributed by atoms with Crippen LogP contribution in [0.4, 0.5) is 0 Å². The summed E-state index contributed by atoms with van der Waals surface area (Å²) in [6.07, 6.45) is -14.9. The highest BCUT2D eigenvalue weighted by atomic mass is 16.7. The summed E-state index contributed by atoms with van der Waals surface area (Å²) in [5, 5.41) is 24.7. The number of ether oxygens (including phenoxy) is 7. The van der Waals surface area contributed by atoms with E-state index in [2.05, 4.69) is 35.4 Å². The van der Waals surface area contributed by atoms with Gasteiger partial charge in [0.1, 0.15) is 24.4 Å². The third-order valence-electron chi connectivity index (χ3n) is 7.38. The number of carbonyl (C=O) groups excluding carboxylic acids is 6. The molecule has 1 aliphatic carbocycles. The molecule has 280 valence electrons. The number of amides is 1. The van der Waals surface area contributed by atoms with E-state index in [0.29, 0.717) is 0 Å². The topological polar surface area (TPSA) is 346 Å². The Labute approximate surface area is 289 Å². The van der Waals surface area contributed by atoms with Gasteiger partial charge in [0, 0.05) is 55.9 Å². The summed E-state index contributed by atoms with van der Waals surface area (Å²) in [7, 11) is 0. The highest BCUT2D eigenvalue weighted by Crippen LogP contribution is 2.36. The number of hydrogen-bond donors (Lipinski definition) is 2. The molecule has 2 fully saturated rings. The fraction of sp³-hybridized carbons (Fsp3) is 0.778. The molecule has 24 heteroatoms. The molecular weight excluding hydrogens is 688 g/mol. The van der Waals surface area contributed by atoms with Crippen LogP contribution < -0.4 is 5.32 Å². The van der Waals surface area contributed by atoms with Gasteiger partial charge in [0.15, 0.2) is 30.7 Å². The van der Waals surface area contributed by atoms with Crippen molar-refractivity contribution in [3.05, 3.63) is 31.3 Å². The van der Waals surface area contributed by atoms with Gasteiger partial charge in [-0.25, -0.2) is 0 Å². The lowest BCUT2D eigenvalue weighted by molar-refractivity contribution is -0.305. The largest absolute Gasteiger partial charge is 0.460 e. The van der Waals surface area contributed by atoms with Crippen LogP contribution in [-0.4, -0.2) is 121 Å².